The molecule has 1 saturated carbocycles. The zero-order valence-electron chi connectivity index (χ0n) is 10.4. The maximum absolute atomic E-state index is 9.84. The van der Waals surface area contributed by atoms with Crippen LogP contribution in [0.1, 0.15) is 30.1 Å². The zero-order chi connectivity index (χ0) is 13.2. The summed E-state index contributed by atoms with van der Waals surface area (Å²) in [6.07, 6.45) is 3.01. The number of hydrogen-bond donors (Lipinski definition) is 1. The van der Waals surface area contributed by atoms with Gasteiger partial charge in [-0.15, -0.1) is 0 Å². The first-order valence-electron chi connectivity index (χ1n) is 6.44. The summed E-state index contributed by atoms with van der Waals surface area (Å²) in [4.78, 5) is 4.33. The third kappa shape index (κ3) is 3.42. The zero-order valence-corrected chi connectivity index (χ0v) is 12.0. The highest BCUT2D eigenvalue weighted by molar-refractivity contribution is 9.10. The Hall–Kier alpha value is -1.20. The van der Waals surface area contributed by atoms with Gasteiger partial charge in [0.25, 0.3) is 0 Å². The molecule has 0 amide bonds. The number of nitrogens with zero attached hydrogens (tertiary/aromatic N) is 2. The van der Waals surface area contributed by atoms with Gasteiger partial charge in [-0.05, 0) is 36.5 Å². The molecule has 1 aromatic carbocycles. The molecule has 0 aliphatic heterocycles. The van der Waals surface area contributed by atoms with Crippen LogP contribution >= 0.6 is 15.9 Å². The molecule has 100 valence electrons. The standard InChI is InChI=1S/C14H15BrN2O2/c15-11-5-1-9(2-6-11)7-13-16-14(19-17-13)8-12(18)10-3-4-10/h1-2,5-6,10,12,18H,3-4,7-8H2. The van der Waals surface area contributed by atoms with Crippen molar-refractivity contribution in [3.8, 4) is 0 Å². The summed E-state index contributed by atoms with van der Waals surface area (Å²) in [6.45, 7) is 0. The van der Waals surface area contributed by atoms with E-state index in [9.17, 15) is 5.11 Å². The molecular weight excluding hydrogens is 308 g/mol. The summed E-state index contributed by atoms with van der Waals surface area (Å²) in [5, 5.41) is 13.8. The molecule has 1 aromatic heterocycles. The lowest BCUT2D eigenvalue weighted by atomic mass is 10.1. The van der Waals surface area contributed by atoms with E-state index < -0.39 is 0 Å². The number of aliphatic hydroxyl groups excluding tert-OH is 1. The number of aliphatic hydroxyl groups is 1. The van der Waals surface area contributed by atoms with Crippen LogP contribution < -0.4 is 0 Å². The molecule has 1 atom stereocenters. The van der Waals surface area contributed by atoms with Gasteiger partial charge in [0.2, 0.25) is 5.89 Å². The van der Waals surface area contributed by atoms with Crippen molar-refractivity contribution in [2.45, 2.75) is 31.8 Å². The summed E-state index contributed by atoms with van der Waals surface area (Å²) in [6, 6.07) is 8.04. The maximum Gasteiger partial charge on any atom is 0.229 e. The van der Waals surface area contributed by atoms with Gasteiger partial charge in [-0.1, -0.05) is 33.2 Å². The molecule has 4 nitrogen and oxygen atoms in total. The van der Waals surface area contributed by atoms with Crippen LogP contribution in [0.15, 0.2) is 33.3 Å². The van der Waals surface area contributed by atoms with Gasteiger partial charge in [-0.3, -0.25) is 0 Å². The van der Waals surface area contributed by atoms with Gasteiger partial charge in [-0.2, -0.15) is 4.98 Å². The van der Waals surface area contributed by atoms with E-state index in [-0.39, 0.29) is 6.10 Å². The smallest absolute Gasteiger partial charge is 0.229 e. The predicted octanol–water partition coefficient (Wildman–Crippen LogP) is 2.74. The average Bonchev–Trinajstić information content (AvgIpc) is 3.16. The molecule has 1 aliphatic rings. The second-order valence-corrected chi connectivity index (χ2v) is 5.93. The molecule has 0 bridgehead atoms. The van der Waals surface area contributed by atoms with E-state index in [0.717, 1.165) is 22.9 Å². The Labute approximate surface area is 120 Å². The molecule has 19 heavy (non-hydrogen) atoms. The van der Waals surface area contributed by atoms with E-state index in [1.807, 2.05) is 24.3 Å². The highest BCUT2D eigenvalue weighted by Gasteiger charge is 2.30. The molecule has 5 heteroatoms. The summed E-state index contributed by atoms with van der Waals surface area (Å²) in [7, 11) is 0. The van der Waals surface area contributed by atoms with Crippen molar-refractivity contribution in [3.63, 3.8) is 0 Å². The molecule has 0 spiro atoms. The largest absolute Gasteiger partial charge is 0.392 e. The lowest BCUT2D eigenvalue weighted by molar-refractivity contribution is 0.140. The average molecular weight is 323 g/mol. The van der Waals surface area contributed by atoms with E-state index in [2.05, 4.69) is 26.1 Å². The van der Waals surface area contributed by atoms with Crippen molar-refractivity contribution in [1.82, 2.24) is 10.1 Å². The van der Waals surface area contributed by atoms with Crippen molar-refractivity contribution in [2.75, 3.05) is 0 Å². The van der Waals surface area contributed by atoms with E-state index >= 15 is 0 Å². The molecule has 0 radical (unpaired) electrons. The first kappa shape index (κ1) is 12.8. The van der Waals surface area contributed by atoms with Gasteiger partial charge in [0.1, 0.15) is 0 Å². The van der Waals surface area contributed by atoms with Gasteiger partial charge in [0.15, 0.2) is 5.82 Å². The van der Waals surface area contributed by atoms with Crippen LogP contribution in [0.5, 0.6) is 0 Å². The van der Waals surface area contributed by atoms with E-state index in [1.54, 1.807) is 0 Å². The number of halogens is 1. The number of rotatable bonds is 5. The lowest BCUT2D eigenvalue weighted by Crippen LogP contribution is -2.12. The SMILES string of the molecule is OC(Cc1nc(Cc2ccc(Br)cc2)no1)C1CC1. The Morgan fingerprint density at radius 3 is 2.74 bits per heavy atom. The molecule has 1 aliphatic carbocycles. The van der Waals surface area contributed by atoms with Crippen molar-refractivity contribution in [3.05, 3.63) is 46.0 Å². The molecule has 1 heterocycles. The molecule has 0 saturated heterocycles. The first-order valence-corrected chi connectivity index (χ1v) is 7.24. The molecule has 1 fully saturated rings. The fraction of sp³-hybridized carbons (Fsp3) is 0.429. The Bertz CT molecular complexity index is 549. The highest BCUT2D eigenvalue weighted by Crippen LogP contribution is 2.33. The second-order valence-electron chi connectivity index (χ2n) is 5.02. The van der Waals surface area contributed by atoms with Crippen molar-refractivity contribution in [1.29, 1.82) is 0 Å². The lowest BCUT2D eigenvalue weighted by Gasteiger charge is -2.03. The third-order valence-electron chi connectivity index (χ3n) is 3.34. The number of benzene rings is 1. The van der Waals surface area contributed by atoms with Crippen LogP contribution in [-0.4, -0.2) is 21.4 Å². The topological polar surface area (TPSA) is 59.2 Å². The van der Waals surface area contributed by atoms with Gasteiger partial charge in [0.05, 0.1) is 12.5 Å². The number of hydrogen-bond acceptors (Lipinski definition) is 4. The molecular formula is C14H15BrN2O2. The first-order chi connectivity index (χ1) is 9.20. The fourth-order valence-electron chi connectivity index (χ4n) is 2.06. The van der Waals surface area contributed by atoms with Gasteiger partial charge < -0.3 is 9.63 Å². The highest BCUT2D eigenvalue weighted by atomic mass is 79.9. The molecule has 1 unspecified atom stereocenters. The molecule has 1 N–H and O–H groups in total. The molecule has 3 rings (SSSR count). The monoisotopic (exact) mass is 322 g/mol. The predicted molar refractivity (Wildman–Crippen MR) is 73.7 cm³/mol. The summed E-state index contributed by atoms with van der Waals surface area (Å²) in [5.41, 5.74) is 1.14. The minimum atomic E-state index is -0.332. The third-order valence-corrected chi connectivity index (χ3v) is 3.86. The summed E-state index contributed by atoms with van der Waals surface area (Å²) in [5.74, 6) is 1.63. The Morgan fingerprint density at radius 2 is 2.05 bits per heavy atom. The minimum Gasteiger partial charge on any atom is -0.392 e. The fourth-order valence-corrected chi connectivity index (χ4v) is 2.32. The van der Waals surface area contributed by atoms with Crippen LogP contribution in [0.25, 0.3) is 0 Å². The minimum absolute atomic E-state index is 0.332. The van der Waals surface area contributed by atoms with E-state index in [0.29, 0.717) is 30.5 Å². The Kier molecular flexibility index (Phi) is 3.66. The van der Waals surface area contributed by atoms with Gasteiger partial charge in [-0.25, -0.2) is 0 Å². The van der Waals surface area contributed by atoms with Crippen molar-refractivity contribution >= 4 is 15.9 Å². The quantitative estimate of drug-likeness (QED) is 0.919. The van der Waals surface area contributed by atoms with Crippen LogP contribution in [0.2, 0.25) is 0 Å². The van der Waals surface area contributed by atoms with Crippen LogP contribution in [0.3, 0.4) is 0 Å². The van der Waals surface area contributed by atoms with E-state index in [4.69, 9.17) is 4.52 Å². The van der Waals surface area contributed by atoms with Crippen molar-refractivity contribution in [2.24, 2.45) is 5.92 Å². The van der Waals surface area contributed by atoms with Gasteiger partial charge in [0, 0.05) is 10.9 Å². The maximum atomic E-state index is 9.84. The normalized spacial score (nSPS) is 16.5. The summed E-state index contributed by atoms with van der Waals surface area (Å²) >= 11 is 3.40. The molecule has 2 aromatic rings. The summed E-state index contributed by atoms with van der Waals surface area (Å²) < 4.78 is 6.23. The Morgan fingerprint density at radius 1 is 1.32 bits per heavy atom. The van der Waals surface area contributed by atoms with E-state index in [1.165, 1.54) is 0 Å². The van der Waals surface area contributed by atoms with Crippen molar-refractivity contribution < 1.29 is 9.63 Å². The van der Waals surface area contributed by atoms with Crippen LogP contribution in [-0.2, 0) is 12.8 Å². The van der Waals surface area contributed by atoms with Crippen LogP contribution in [0, 0.1) is 5.92 Å². The Balaban J connectivity index is 1.62. The van der Waals surface area contributed by atoms with Crippen LogP contribution in [0.4, 0.5) is 0 Å². The number of aromatic nitrogens is 2. The second kappa shape index (κ2) is 5.43. The van der Waals surface area contributed by atoms with Gasteiger partial charge >= 0.3 is 0 Å².